The van der Waals surface area contributed by atoms with Gasteiger partial charge in [-0.1, -0.05) is 6.07 Å². The Morgan fingerprint density at radius 2 is 2.20 bits per heavy atom. The van der Waals surface area contributed by atoms with E-state index < -0.39 is 0 Å². The first-order valence-corrected chi connectivity index (χ1v) is 5.32. The molecule has 0 bridgehead atoms. The van der Waals surface area contributed by atoms with Gasteiger partial charge >= 0.3 is 0 Å². The Morgan fingerprint density at radius 3 is 2.93 bits per heavy atom. The highest BCUT2D eigenvalue weighted by Gasteiger charge is 1.98. The maximum absolute atomic E-state index is 12.9. The van der Waals surface area contributed by atoms with Crippen molar-refractivity contribution in [1.29, 1.82) is 0 Å². The number of anilines is 1. The summed E-state index contributed by atoms with van der Waals surface area (Å²) in [6.45, 7) is 6.25. The summed E-state index contributed by atoms with van der Waals surface area (Å²) in [5.41, 5.74) is 1.93. The van der Waals surface area contributed by atoms with Gasteiger partial charge in [0.05, 0.1) is 0 Å². The topological polar surface area (TPSA) is 21.3 Å². The van der Waals surface area contributed by atoms with E-state index in [4.69, 9.17) is 4.74 Å². The van der Waals surface area contributed by atoms with E-state index in [9.17, 15) is 4.39 Å². The number of benzene rings is 1. The highest BCUT2D eigenvalue weighted by Crippen LogP contribution is 2.15. The fourth-order valence-electron chi connectivity index (χ4n) is 1.33. The fourth-order valence-corrected chi connectivity index (χ4v) is 1.33. The first-order valence-electron chi connectivity index (χ1n) is 5.32. The smallest absolute Gasteiger partial charge is 0.125 e. The molecule has 0 fully saturated rings. The number of ether oxygens (including phenoxy) is 1. The Hall–Kier alpha value is -1.09. The van der Waals surface area contributed by atoms with E-state index >= 15 is 0 Å². The van der Waals surface area contributed by atoms with Gasteiger partial charge in [0.15, 0.2) is 0 Å². The summed E-state index contributed by atoms with van der Waals surface area (Å²) in [4.78, 5) is 0. The van der Waals surface area contributed by atoms with E-state index in [-0.39, 0.29) is 5.82 Å². The van der Waals surface area contributed by atoms with Gasteiger partial charge in [0.25, 0.3) is 0 Å². The summed E-state index contributed by atoms with van der Waals surface area (Å²) in [6, 6.07) is 4.77. The van der Waals surface area contributed by atoms with Gasteiger partial charge < -0.3 is 10.1 Å². The molecule has 0 aliphatic rings. The third-order valence-electron chi connectivity index (χ3n) is 2.18. The summed E-state index contributed by atoms with van der Waals surface area (Å²) < 4.78 is 18.1. The zero-order valence-electron chi connectivity index (χ0n) is 9.35. The number of hydrogen-bond donors (Lipinski definition) is 1. The number of halogens is 1. The van der Waals surface area contributed by atoms with E-state index in [2.05, 4.69) is 5.32 Å². The van der Waals surface area contributed by atoms with Gasteiger partial charge in [0.1, 0.15) is 5.82 Å². The molecule has 0 aromatic heterocycles. The highest BCUT2D eigenvalue weighted by molar-refractivity contribution is 5.50. The fraction of sp³-hybridized carbons (Fsp3) is 0.500. The Bertz CT molecular complexity index is 302. The minimum Gasteiger partial charge on any atom is -0.385 e. The van der Waals surface area contributed by atoms with Gasteiger partial charge in [-0.25, -0.2) is 4.39 Å². The van der Waals surface area contributed by atoms with Gasteiger partial charge in [-0.15, -0.1) is 0 Å². The van der Waals surface area contributed by atoms with Crippen molar-refractivity contribution in [3.8, 4) is 0 Å². The molecule has 1 aromatic carbocycles. The molecule has 0 heterocycles. The highest BCUT2D eigenvalue weighted by atomic mass is 19.1. The van der Waals surface area contributed by atoms with E-state index in [1.165, 1.54) is 12.1 Å². The zero-order chi connectivity index (χ0) is 11.1. The summed E-state index contributed by atoms with van der Waals surface area (Å²) in [6.07, 6.45) is 0.934. The summed E-state index contributed by atoms with van der Waals surface area (Å²) in [5.74, 6) is -0.201. The number of rotatable bonds is 6. The second kappa shape index (κ2) is 6.40. The minimum absolute atomic E-state index is 0.201. The minimum atomic E-state index is -0.201. The van der Waals surface area contributed by atoms with Gasteiger partial charge in [-0.3, -0.25) is 0 Å². The average molecular weight is 211 g/mol. The Balaban J connectivity index is 2.33. The predicted molar refractivity (Wildman–Crippen MR) is 60.7 cm³/mol. The lowest BCUT2D eigenvalue weighted by Gasteiger charge is -2.09. The average Bonchev–Trinajstić information content (AvgIpc) is 2.23. The molecule has 1 aromatic rings. The van der Waals surface area contributed by atoms with E-state index in [1.54, 1.807) is 6.07 Å². The van der Waals surface area contributed by atoms with E-state index in [1.807, 2.05) is 13.8 Å². The van der Waals surface area contributed by atoms with Crippen LogP contribution in [0.4, 0.5) is 10.1 Å². The molecule has 0 amide bonds. The standard InChI is InChI=1S/C12H18FNO/c1-3-15-8-4-7-14-12-9-11(13)6-5-10(12)2/h5-6,9,14H,3-4,7-8H2,1-2H3. The van der Waals surface area contributed by atoms with Crippen LogP contribution in [0.15, 0.2) is 18.2 Å². The maximum atomic E-state index is 12.9. The number of nitrogens with one attached hydrogen (secondary N) is 1. The van der Waals surface area contributed by atoms with Crippen molar-refractivity contribution in [3.63, 3.8) is 0 Å². The van der Waals surface area contributed by atoms with Crippen LogP contribution in [0.5, 0.6) is 0 Å². The predicted octanol–water partition coefficient (Wildman–Crippen LogP) is 2.97. The lowest BCUT2D eigenvalue weighted by Crippen LogP contribution is -2.06. The Labute approximate surface area is 90.4 Å². The molecule has 1 rings (SSSR count). The van der Waals surface area contributed by atoms with Crippen molar-refractivity contribution in [1.82, 2.24) is 0 Å². The molecule has 2 nitrogen and oxygen atoms in total. The van der Waals surface area contributed by atoms with Crippen molar-refractivity contribution in [3.05, 3.63) is 29.6 Å². The molecule has 0 saturated heterocycles. The quantitative estimate of drug-likeness (QED) is 0.730. The van der Waals surface area contributed by atoms with Crippen LogP contribution in [0.1, 0.15) is 18.9 Å². The molecule has 0 aliphatic carbocycles. The summed E-state index contributed by atoms with van der Waals surface area (Å²) >= 11 is 0. The zero-order valence-corrected chi connectivity index (χ0v) is 9.35. The van der Waals surface area contributed by atoms with Crippen molar-refractivity contribution in [2.45, 2.75) is 20.3 Å². The monoisotopic (exact) mass is 211 g/mol. The van der Waals surface area contributed by atoms with E-state index in [0.29, 0.717) is 0 Å². The molecule has 0 saturated carbocycles. The normalized spacial score (nSPS) is 10.3. The Kier molecular flexibility index (Phi) is 5.12. The summed E-state index contributed by atoms with van der Waals surface area (Å²) in [5, 5.41) is 3.19. The van der Waals surface area contributed by atoms with Crippen LogP contribution < -0.4 is 5.32 Å². The largest absolute Gasteiger partial charge is 0.385 e. The maximum Gasteiger partial charge on any atom is 0.125 e. The van der Waals surface area contributed by atoms with Gasteiger partial charge in [-0.2, -0.15) is 0 Å². The van der Waals surface area contributed by atoms with Gasteiger partial charge in [0.2, 0.25) is 0 Å². The molecule has 0 atom stereocenters. The lowest BCUT2D eigenvalue weighted by molar-refractivity contribution is 0.147. The molecule has 0 spiro atoms. The molecule has 15 heavy (non-hydrogen) atoms. The van der Waals surface area contributed by atoms with Crippen molar-refractivity contribution >= 4 is 5.69 Å². The summed E-state index contributed by atoms with van der Waals surface area (Å²) in [7, 11) is 0. The molecule has 84 valence electrons. The number of hydrogen-bond acceptors (Lipinski definition) is 2. The second-order valence-electron chi connectivity index (χ2n) is 3.44. The first-order chi connectivity index (χ1) is 7.24. The molecule has 0 radical (unpaired) electrons. The second-order valence-corrected chi connectivity index (χ2v) is 3.44. The lowest BCUT2D eigenvalue weighted by atomic mass is 10.2. The van der Waals surface area contributed by atoms with Crippen LogP contribution in [0.2, 0.25) is 0 Å². The van der Waals surface area contributed by atoms with Crippen molar-refractivity contribution in [2.24, 2.45) is 0 Å². The molecular formula is C12H18FNO. The third kappa shape index (κ3) is 4.30. The molecule has 0 unspecified atom stereocenters. The van der Waals surface area contributed by atoms with Crippen LogP contribution in [0.25, 0.3) is 0 Å². The van der Waals surface area contributed by atoms with Crippen molar-refractivity contribution in [2.75, 3.05) is 25.1 Å². The van der Waals surface area contributed by atoms with Crippen LogP contribution in [0, 0.1) is 12.7 Å². The van der Waals surface area contributed by atoms with Crippen LogP contribution in [-0.2, 0) is 4.74 Å². The molecule has 3 heteroatoms. The van der Waals surface area contributed by atoms with Crippen LogP contribution >= 0.6 is 0 Å². The SMILES string of the molecule is CCOCCCNc1cc(F)ccc1C. The first kappa shape index (κ1) is 12.0. The Morgan fingerprint density at radius 1 is 1.40 bits per heavy atom. The molecule has 0 aliphatic heterocycles. The van der Waals surface area contributed by atoms with Crippen LogP contribution in [0.3, 0.4) is 0 Å². The van der Waals surface area contributed by atoms with Crippen LogP contribution in [-0.4, -0.2) is 19.8 Å². The van der Waals surface area contributed by atoms with Gasteiger partial charge in [0, 0.05) is 25.4 Å². The molecule has 1 N–H and O–H groups in total. The third-order valence-corrected chi connectivity index (χ3v) is 2.18. The van der Waals surface area contributed by atoms with E-state index in [0.717, 1.165) is 37.4 Å². The number of aryl methyl sites for hydroxylation is 1. The van der Waals surface area contributed by atoms with Gasteiger partial charge in [-0.05, 0) is 38.0 Å². The molecular weight excluding hydrogens is 193 g/mol. The van der Waals surface area contributed by atoms with Crippen molar-refractivity contribution < 1.29 is 9.13 Å².